The van der Waals surface area contributed by atoms with E-state index >= 15 is 0 Å². The van der Waals surface area contributed by atoms with Gasteiger partial charge < -0.3 is 13.9 Å². The summed E-state index contributed by atoms with van der Waals surface area (Å²) in [6.07, 6.45) is 6.32. The van der Waals surface area contributed by atoms with E-state index in [0.717, 1.165) is 69.9 Å². The SMILES string of the molecule is C=C/C(=C(\C=C)C(F)(F)F)c1nnc(C23CCC(CCCC4(C)OCCO4)(CC2)CC3)o1.CC. The molecule has 5 nitrogen and oxygen atoms in total. The van der Waals surface area contributed by atoms with E-state index in [1.165, 1.54) is 0 Å². The third kappa shape index (κ3) is 5.33. The number of ether oxygens (including phenoxy) is 2. The number of nitrogens with zero attached hydrogens (tertiary/aromatic N) is 2. The van der Waals surface area contributed by atoms with E-state index in [1.54, 1.807) is 0 Å². The molecule has 2 heterocycles. The van der Waals surface area contributed by atoms with Gasteiger partial charge >= 0.3 is 6.18 Å². The van der Waals surface area contributed by atoms with Gasteiger partial charge in [0.15, 0.2) is 5.79 Å². The van der Waals surface area contributed by atoms with Crippen molar-refractivity contribution in [2.45, 2.75) is 95.9 Å². The molecule has 0 amide bonds. The van der Waals surface area contributed by atoms with Gasteiger partial charge in [-0.1, -0.05) is 39.2 Å². The first kappa shape index (κ1) is 26.7. The zero-order valence-electron chi connectivity index (χ0n) is 20.6. The van der Waals surface area contributed by atoms with Crippen molar-refractivity contribution < 1.29 is 27.1 Å². The van der Waals surface area contributed by atoms with Gasteiger partial charge in [0.05, 0.1) is 24.4 Å². The molecule has 4 aliphatic rings. The molecule has 2 bridgehead atoms. The molecule has 1 aromatic rings. The lowest BCUT2D eigenvalue weighted by Crippen LogP contribution is -2.44. The van der Waals surface area contributed by atoms with Crippen molar-refractivity contribution in [1.29, 1.82) is 0 Å². The van der Waals surface area contributed by atoms with E-state index in [-0.39, 0.29) is 16.9 Å². The Balaban J connectivity index is 0.00000158. The summed E-state index contributed by atoms with van der Waals surface area (Å²) in [5, 5.41) is 8.14. The smallest absolute Gasteiger partial charge is 0.417 e. The van der Waals surface area contributed by atoms with Crippen molar-refractivity contribution in [2.75, 3.05) is 13.2 Å². The highest BCUT2D eigenvalue weighted by molar-refractivity contribution is 5.74. The Morgan fingerprint density at radius 1 is 0.941 bits per heavy atom. The molecule has 3 saturated carbocycles. The molecule has 1 aliphatic heterocycles. The third-order valence-corrected chi connectivity index (χ3v) is 7.75. The van der Waals surface area contributed by atoms with Gasteiger partial charge in [-0.3, -0.25) is 0 Å². The maximum Gasteiger partial charge on any atom is 0.417 e. The van der Waals surface area contributed by atoms with Crippen molar-refractivity contribution in [3.8, 4) is 0 Å². The van der Waals surface area contributed by atoms with E-state index in [1.807, 2.05) is 20.8 Å². The predicted molar refractivity (Wildman–Crippen MR) is 125 cm³/mol. The molecule has 4 fully saturated rings. The van der Waals surface area contributed by atoms with Crippen LogP contribution in [0, 0.1) is 5.41 Å². The van der Waals surface area contributed by atoms with E-state index in [0.29, 0.717) is 24.5 Å². The molecule has 5 rings (SSSR count). The molecule has 0 unspecified atom stereocenters. The van der Waals surface area contributed by atoms with Gasteiger partial charge in [-0.2, -0.15) is 13.2 Å². The van der Waals surface area contributed by atoms with E-state index in [9.17, 15) is 13.2 Å². The second-order valence-electron chi connectivity index (χ2n) is 9.61. The van der Waals surface area contributed by atoms with Crippen molar-refractivity contribution in [3.63, 3.8) is 0 Å². The first-order valence-electron chi connectivity index (χ1n) is 12.3. The van der Waals surface area contributed by atoms with Crippen molar-refractivity contribution in [1.82, 2.24) is 10.2 Å². The lowest BCUT2D eigenvalue weighted by Gasteiger charge is -2.52. The van der Waals surface area contributed by atoms with Gasteiger partial charge in [-0.05, 0) is 63.7 Å². The summed E-state index contributed by atoms with van der Waals surface area (Å²) in [5.41, 5.74) is -1.07. The minimum atomic E-state index is -4.57. The minimum Gasteiger partial charge on any atom is -0.420 e. The highest BCUT2D eigenvalue weighted by Crippen LogP contribution is 2.59. The van der Waals surface area contributed by atoms with Crippen LogP contribution in [0.3, 0.4) is 0 Å². The number of aromatic nitrogens is 2. The van der Waals surface area contributed by atoms with Gasteiger partial charge in [0.2, 0.25) is 11.8 Å². The Labute approximate surface area is 200 Å². The Bertz CT molecular complexity index is 873. The van der Waals surface area contributed by atoms with Crippen LogP contribution in [0.4, 0.5) is 13.2 Å². The fraction of sp³-hybridized carbons (Fsp3) is 0.692. The van der Waals surface area contributed by atoms with Gasteiger partial charge in [-0.15, -0.1) is 10.2 Å². The van der Waals surface area contributed by atoms with Crippen LogP contribution < -0.4 is 0 Å². The molecule has 0 aromatic carbocycles. The topological polar surface area (TPSA) is 57.4 Å². The van der Waals surface area contributed by atoms with Gasteiger partial charge in [0.25, 0.3) is 0 Å². The number of halogens is 3. The fourth-order valence-electron chi connectivity index (χ4n) is 5.68. The Morgan fingerprint density at radius 3 is 2.03 bits per heavy atom. The van der Waals surface area contributed by atoms with Crippen LogP contribution in [-0.2, 0) is 14.9 Å². The molecular formula is C26H37F3N2O3. The molecule has 0 N–H and O–H groups in total. The average molecular weight is 483 g/mol. The van der Waals surface area contributed by atoms with Crippen molar-refractivity contribution in [2.24, 2.45) is 5.41 Å². The first-order chi connectivity index (χ1) is 16.1. The third-order valence-electron chi connectivity index (χ3n) is 7.75. The summed E-state index contributed by atoms with van der Waals surface area (Å²) in [5.74, 6) is -0.143. The lowest BCUT2D eigenvalue weighted by molar-refractivity contribution is -0.149. The number of fused-ring (bicyclic) bond motifs is 3. The lowest BCUT2D eigenvalue weighted by atomic mass is 9.52. The molecule has 1 aromatic heterocycles. The highest BCUT2D eigenvalue weighted by Gasteiger charge is 2.52. The van der Waals surface area contributed by atoms with Crippen molar-refractivity contribution in [3.05, 3.63) is 42.7 Å². The Morgan fingerprint density at radius 2 is 1.53 bits per heavy atom. The van der Waals surface area contributed by atoms with Gasteiger partial charge in [0, 0.05) is 11.8 Å². The predicted octanol–water partition coefficient (Wildman–Crippen LogP) is 7.31. The number of allylic oxidation sites excluding steroid dienone is 4. The van der Waals surface area contributed by atoms with Gasteiger partial charge in [-0.25, -0.2) is 0 Å². The molecule has 3 aliphatic carbocycles. The summed E-state index contributed by atoms with van der Waals surface area (Å²) in [4.78, 5) is 0. The minimum absolute atomic E-state index is 0.149. The van der Waals surface area contributed by atoms with Crippen LogP contribution in [0.15, 0.2) is 35.3 Å². The summed E-state index contributed by atoms with van der Waals surface area (Å²) in [6.45, 7) is 14.1. The zero-order valence-corrected chi connectivity index (χ0v) is 20.6. The first-order valence-corrected chi connectivity index (χ1v) is 12.3. The zero-order chi connectivity index (χ0) is 25.0. The molecule has 34 heavy (non-hydrogen) atoms. The fourth-order valence-corrected chi connectivity index (χ4v) is 5.68. The molecule has 190 valence electrons. The number of hydrogen-bond donors (Lipinski definition) is 0. The largest absolute Gasteiger partial charge is 0.420 e. The average Bonchev–Trinajstić information content (AvgIpc) is 3.49. The highest BCUT2D eigenvalue weighted by atomic mass is 19.4. The second kappa shape index (κ2) is 10.4. The summed E-state index contributed by atoms with van der Waals surface area (Å²) in [7, 11) is 0. The molecular weight excluding hydrogens is 445 g/mol. The maximum absolute atomic E-state index is 13.3. The number of rotatable bonds is 8. The van der Waals surface area contributed by atoms with Crippen LogP contribution in [-0.4, -0.2) is 35.4 Å². The normalized spacial score (nSPS) is 28.6. The van der Waals surface area contributed by atoms with E-state index < -0.39 is 17.5 Å². The van der Waals surface area contributed by atoms with Crippen LogP contribution in [0.25, 0.3) is 5.57 Å². The standard InChI is InChI=1S/C24H31F3N2O3.C2H6/c1-4-17(18(5-2)24(25,26)27)19-28-29-20(32-19)23-12-9-22(10-13-23,11-14-23)8-6-7-21(3)30-15-16-31-21;1-2/h4-5H,1-2,6-16H2,3H3;1-2H3/b18-17-;. The van der Waals surface area contributed by atoms with E-state index in [2.05, 4.69) is 23.4 Å². The summed E-state index contributed by atoms with van der Waals surface area (Å²) >= 11 is 0. The van der Waals surface area contributed by atoms with E-state index in [4.69, 9.17) is 13.9 Å². The molecule has 1 saturated heterocycles. The molecule has 0 radical (unpaired) electrons. The van der Waals surface area contributed by atoms with Crippen LogP contribution in [0.2, 0.25) is 0 Å². The van der Waals surface area contributed by atoms with Gasteiger partial charge in [0.1, 0.15) is 0 Å². The summed E-state index contributed by atoms with van der Waals surface area (Å²) < 4.78 is 57.3. The maximum atomic E-state index is 13.3. The Hall–Kier alpha value is -1.93. The number of alkyl halides is 3. The summed E-state index contributed by atoms with van der Waals surface area (Å²) in [6, 6.07) is 0. The molecule has 8 heteroatoms. The Kier molecular flexibility index (Phi) is 8.13. The monoisotopic (exact) mass is 482 g/mol. The molecule has 0 spiro atoms. The van der Waals surface area contributed by atoms with Crippen LogP contribution in [0.1, 0.15) is 90.3 Å². The van der Waals surface area contributed by atoms with Crippen LogP contribution >= 0.6 is 0 Å². The molecule has 0 atom stereocenters. The quantitative estimate of drug-likeness (QED) is 0.364. The van der Waals surface area contributed by atoms with Crippen LogP contribution in [0.5, 0.6) is 0 Å². The second-order valence-corrected chi connectivity index (χ2v) is 9.61. The number of hydrogen-bond acceptors (Lipinski definition) is 5. The van der Waals surface area contributed by atoms with Crippen molar-refractivity contribution >= 4 is 5.57 Å².